The van der Waals surface area contributed by atoms with Crippen LogP contribution in [0.15, 0.2) is 40.2 Å². The normalized spacial score (nSPS) is 21.4. The van der Waals surface area contributed by atoms with Crippen molar-refractivity contribution in [2.45, 2.75) is 42.5 Å². The van der Waals surface area contributed by atoms with Crippen molar-refractivity contribution in [3.8, 4) is 0 Å². The number of rotatable bonds is 4. The molecule has 0 amide bonds. The molecule has 1 aromatic carbocycles. The van der Waals surface area contributed by atoms with Crippen molar-refractivity contribution in [3.63, 3.8) is 0 Å². The molecule has 2 aliphatic rings. The molecule has 5 nitrogen and oxygen atoms in total. The lowest BCUT2D eigenvalue weighted by Gasteiger charge is -2.18. The Hall–Kier alpha value is -1.60. The largest absolute Gasteiger partial charge is 0.349 e. The Bertz CT molecular complexity index is 952. The standard InChI is InChI=1S/C18H20N2O3S2/c21-18-19-17(24-11-13-5-2-1-3-6-13)15-7-4-8-16(15)20(18)14-9-10-25(22,23)12-14/h1-3,5-6,14H,4,7-12H2/t14-/m0/s1. The summed E-state index contributed by atoms with van der Waals surface area (Å²) in [6, 6.07) is 9.89. The highest BCUT2D eigenvalue weighted by atomic mass is 32.2. The van der Waals surface area contributed by atoms with Gasteiger partial charge in [-0.15, -0.1) is 11.8 Å². The molecular weight excluding hydrogens is 356 g/mol. The van der Waals surface area contributed by atoms with Crippen molar-refractivity contribution < 1.29 is 8.42 Å². The lowest BCUT2D eigenvalue weighted by atomic mass is 10.2. The van der Waals surface area contributed by atoms with Gasteiger partial charge in [0.25, 0.3) is 0 Å². The fraction of sp³-hybridized carbons (Fsp3) is 0.444. The molecule has 0 N–H and O–H groups in total. The molecule has 1 aliphatic heterocycles. The van der Waals surface area contributed by atoms with Crippen LogP contribution < -0.4 is 5.69 Å². The van der Waals surface area contributed by atoms with Gasteiger partial charge in [-0.2, -0.15) is 4.98 Å². The summed E-state index contributed by atoms with van der Waals surface area (Å²) in [5.41, 5.74) is 3.06. The molecule has 0 bridgehead atoms. The van der Waals surface area contributed by atoms with E-state index in [4.69, 9.17) is 0 Å². The van der Waals surface area contributed by atoms with E-state index >= 15 is 0 Å². The number of hydrogen-bond acceptors (Lipinski definition) is 5. The maximum Gasteiger partial charge on any atom is 0.349 e. The lowest BCUT2D eigenvalue weighted by Crippen LogP contribution is -2.31. The summed E-state index contributed by atoms with van der Waals surface area (Å²) in [7, 11) is -3.03. The van der Waals surface area contributed by atoms with E-state index in [0.717, 1.165) is 41.3 Å². The minimum atomic E-state index is -3.03. The van der Waals surface area contributed by atoms with Crippen molar-refractivity contribution >= 4 is 21.6 Å². The summed E-state index contributed by atoms with van der Waals surface area (Å²) >= 11 is 1.60. The number of benzene rings is 1. The predicted octanol–water partition coefficient (Wildman–Crippen LogP) is 2.38. The van der Waals surface area contributed by atoms with Crippen molar-refractivity contribution in [1.82, 2.24) is 9.55 Å². The van der Waals surface area contributed by atoms with E-state index in [2.05, 4.69) is 17.1 Å². The predicted molar refractivity (Wildman–Crippen MR) is 98.8 cm³/mol. The zero-order valence-corrected chi connectivity index (χ0v) is 15.5. The van der Waals surface area contributed by atoms with Crippen molar-refractivity contribution in [3.05, 3.63) is 57.6 Å². The fourth-order valence-electron chi connectivity index (χ4n) is 3.75. The van der Waals surface area contributed by atoms with Crippen molar-refractivity contribution in [2.24, 2.45) is 0 Å². The summed E-state index contributed by atoms with van der Waals surface area (Å²) in [6.45, 7) is 0. The molecule has 2 aromatic rings. The molecule has 1 aromatic heterocycles. The van der Waals surface area contributed by atoms with Gasteiger partial charge in [0.15, 0.2) is 9.84 Å². The molecule has 1 aliphatic carbocycles. The average molecular weight is 377 g/mol. The van der Waals surface area contributed by atoms with E-state index in [1.165, 1.54) is 5.56 Å². The number of aromatic nitrogens is 2. The number of sulfone groups is 1. The average Bonchev–Trinajstić information content (AvgIpc) is 3.20. The topological polar surface area (TPSA) is 69.0 Å². The number of fused-ring (bicyclic) bond motifs is 1. The first-order chi connectivity index (χ1) is 12.0. The highest BCUT2D eigenvalue weighted by Crippen LogP contribution is 2.33. The first-order valence-corrected chi connectivity index (χ1v) is 11.4. The highest BCUT2D eigenvalue weighted by molar-refractivity contribution is 7.98. The van der Waals surface area contributed by atoms with Crippen molar-refractivity contribution in [2.75, 3.05) is 11.5 Å². The molecule has 0 unspecified atom stereocenters. The fourth-order valence-corrected chi connectivity index (χ4v) is 6.48. The Morgan fingerprint density at radius 3 is 2.72 bits per heavy atom. The monoisotopic (exact) mass is 376 g/mol. The van der Waals surface area contributed by atoms with Gasteiger partial charge in [-0.05, 0) is 31.2 Å². The van der Waals surface area contributed by atoms with E-state index in [9.17, 15) is 13.2 Å². The van der Waals surface area contributed by atoms with Crippen LogP contribution in [0.5, 0.6) is 0 Å². The Kier molecular flexibility index (Phi) is 4.45. The maximum absolute atomic E-state index is 12.7. The third kappa shape index (κ3) is 3.40. The highest BCUT2D eigenvalue weighted by Gasteiger charge is 2.33. The lowest BCUT2D eigenvalue weighted by molar-refractivity contribution is 0.502. The maximum atomic E-state index is 12.7. The summed E-state index contributed by atoms with van der Waals surface area (Å²) < 4.78 is 25.3. The van der Waals surface area contributed by atoms with E-state index in [1.807, 2.05) is 18.2 Å². The molecule has 1 fully saturated rings. The van der Waals surface area contributed by atoms with E-state index in [-0.39, 0.29) is 23.2 Å². The summed E-state index contributed by atoms with van der Waals surface area (Å²) in [5.74, 6) is 1.02. The zero-order chi connectivity index (χ0) is 17.4. The van der Waals surface area contributed by atoms with Crippen LogP contribution in [-0.4, -0.2) is 29.5 Å². The third-order valence-electron chi connectivity index (χ3n) is 4.93. The quantitative estimate of drug-likeness (QED) is 0.605. The Morgan fingerprint density at radius 1 is 1.20 bits per heavy atom. The number of nitrogens with zero attached hydrogens (tertiary/aromatic N) is 2. The minimum absolute atomic E-state index is 0.0670. The van der Waals surface area contributed by atoms with Crippen LogP contribution in [0.1, 0.15) is 35.7 Å². The minimum Gasteiger partial charge on any atom is -0.292 e. The molecule has 4 rings (SSSR count). The van der Waals surface area contributed by atoms with Gasteiger partial charge in [-0.25, -0.2) is 13.2 Å². The molecule has 0 radical (unpaired) electrons. The van der Waals surface area contributed by atoms with Crippen LogP contribution in [0, 0.1) is 0 Å². The van der Waals surface area contributed by atoms with E-state index < -0.39 is 9.84 Å². The Morgan fingerprint density at radius 2 is 2.00 bits per heavy atom. The second-order valence-electron chi connectivity index (χ2n) is 6.68. The molecule has 132 valence electrons. The van der Waals surface area contributed by atoms with E-state index in [0.29, 0.717) is 6.42 Å². The summed E-state index contributed by atoms with van der Waals surface area (Å²) in [6.07, 6.45) is 3.27. The van der Waals surface area contributed by atoms with E-state index in [1.54, 1.807) is 16.3 Å². The summed E-state index contributed by atoms with van der Waals surface area (Å²) in [5, 5.41) is 0.818. The molecule has 1 atom stereocenters. The smallest absolute Gasteiger partial charge is 0.292 e. The van der Waals surface area contributed by atoms with Gasteiger partial charge in [0, 0.05) is 17.0 Å². The molecule has 2 heterocycles. The van der Waals surface area contributed by atoms with Gasteiger partial charge in [0.05, 0.1) is 17.5 Å². The van der Waals surface area contributed by atoms with Crippen LogP contribution in [0.2, 0.25) is 0 Å². The van der Waals surface area contributed by atoms with Gasteiger partial charge >= 0.3 is 5.69 Å². The van der Waals surface area contributed by atoms with Crippen LogP contribution >= 0.6 is 11.8 Å². The zero-order valence-electron chi connectivity index (χ0n) is 13.8. The summed E-state index contributed by atoms with van der Waals surface area (Å²) in [4.78, 5) is 17.0. The van der Waals surface area contributed by atoms with Crippen LogP contribution in [0.4, 0.5) is 0 Å². The van der Waals surface area contributed by atoms with Gasteiger partial charge in [0.1, 0.15) is 5.03 Å². The second-order valence-corrected chi connectivity index (χ2v) is 9.87. The SMILES string of the molecule is O=c1nc(SCc2ccccc2)c2c(n1[C@H]1CCS(=O)(=O)C1)CCC2. The Labute approximate surface area is 151 Å². The van der Waals surface area contributed by atoms with Crippen LogP contribution in [0.3, 0.4) is 0 Å². The third-order valence-corrected chi connectivity index (χ3v) is 7.77. The molecule has 1 saturated heterocycles. The van der Waals surface area contributed by atoms with Crippen molar-refractivity contribution in [1.29, 1.82) is 0 Å². The van der Waals surface area contributed by atoms with Gasteiger partial charge in [-0.3, -0.25) is 4.57 Å². The molecular formula is C18H20N2O3S2. The molecule has 0 spiro atoms. The van der Waals surface area contributed by atoms with Gasteiger partial charge < -0.3 is 0 Å². The Balaban J connectivity index is 1.66. The second kappa shape index (κ2) is 6.61. The molecule has 25 heavy (non-hydrogen) atoms. The molecule has 0 saturated carbocycles. The first-order valence-electron chi connectivity index (χ1n) is 8.55. The van der Waals surface area contributed by atoms with Crippen LogP contribution in [0.25, 0.3) is 0 Å². The van der Waals surface area contributed by atoms with Gasteiger partial charge in [-0.1, -0.05) is 30.3 Å². The number of thioether (sulfide) groups is 1. The molecule has 7 heteroatoms. The van der Waals surface area contributed by atoms with Crippen LogP contribution in [-0.2, 0) is 28.4 Å². The number of hydrogen-bond donors (Lipinski definition) is 0. The first kappa shape index (κ1) is 16.8. The van der Waals surface area contributed by atoms with Gasteiger partial charge in [0.2, 0.25) is 0 Å².